The molecule has 2 amide bonds. The number of hydrogen-bond donors (Lipinski definition) is 2. The van der Waals surface area contributed by atoms with Crippen LogP contribution in [0.5, 0.6) is 11.5 Å². The third kappa shape index (κ3) is 6.84. The molecule has 2 aromatic carbocycles. The maximum absolute atomic E-state index is 12.5. The van der Waals surface area contributed by atoms with Gasteiger partial charge in [0.05, 0.1) is 26.4 Å². The fourth-order valence-corrected chi connectivity index (χ4v) is 3.69. The number of thioether (sulfide) groups is 1. The van der Waals surface area contributed by atoms with Crippen molar-refractivity contribution in [3.8, 4) is 11.5 Å². The molecule has 0 saturated heterocycles. The number of rotatable bonds is 11. The molecule has 1 heterocycles. The van der Waals surface area contributed by atoms with Crippen molar-refractivity contribution in [1.29, 1.82) is 0 Å². The topological polar surface area (TPSA) is 107 Å². The number of hydrogen-bond acceptors (Lipinski definition) is 7. The molecule has 33 heavy (non-hydrogen) atoms. The van der Waals surface area contributed by atoms with E-state index in [-0.39, 0.29) is 24.0 Å². The van der Waals surface area contributed by atoms with Crippen molar-refractivity contribution < 1.29 is 19.1 Å². The van der Waals surface area contributed by atoms with Crippen LogP contribution in [0.3, 0.4) is 0 Å². The first-order valence-electron chi connectivity index (χ1n) is 10.1. The first-order valence-corrected chi connectivity index (χ1v) is 11.0. The number of methoxy groups -OCH3 is 2. The highest BCUT2D eigenvalue weighted by Gasteiger charge is 2.16. The van der Waals surface area contributed by atoms with E-state index in [4.69, 9.17) is 9.47 Å². The second-order valence-electron chi connectivity index (χ2n) is 6.82. The minimum atomic E-state index is -0.231. The molecule has 2 N–H and O–H groups in total. The normalized spacial score (nSPS) is 10.4. The zero-order valence-corrected chi connectivity index (χ0v) is 19.2. The SMILES string of the molecule is C=CCn1c(CC(=O)Nc2ccc(OC)cc2)nnc1SCC(=O)Nc1cccc(OC)c1. The standard InChI is InChI=1S/C23H25N5O4S/c1-4-12-28-20(14-21(29)24-16-8-10-18(31-2)11-9-16)26-27-23(28)33-15-22(30)25-17-6-5-7-19(13-17)32-3/h4-11,13H,1,12,14-15H2,2-3H3,(H,24,29)(H,25,30). The fraction of sp³-hybridized carbons (Fsp3) is 0.217. The van der Waals surface area contributed by atoms with E-state index >= 15 is 0 Å². The molecule has 0 aliphatic heterocycles. The number of amides is 2. The van der Waals surface area contributed by atoms with E-state index < -0.39 is 0 Å². The summed E-state index contributed by atoms with van der Waals surface area (Å²) in [6.07, 6.45) is 1.72. The number of benzene rings is 2. The van der Waals surface area contributed by atoms with E-state index in [9.17, 15) is 9.59 Å². The van der Waals surface area contributed by atoms with Crippen molar-refractivity contribution in [2.45, 2.75) is 18.1 Å². The molecule has 0 unspecified atom stereocenters. The van der Waals surface area contributed by atoms with Crippen molar-refractivity contribution >= 4 is 35.0 Å². The first kappa shape index (κ1) is 23.9. The quantitative estimate of drug-likeness (QED) is 0.329. The molecule has 1 aromatic heterocycles. The van der Waals surface area contributed by atoms with Crippen LogP contribution in [0.2, 0.25) is 0 Å². The number of nitrogens with one attached hydrogen (secondary N) is 2. The van der Waals surface area contributed by atoms with Crippen molar-refractivity contribution in [2.24, 2.45) is 0 Å². The zero-order valence-electron chi connectivity index (χ0n) is 18.4. The van der Waals surface area contributed by atoms with E-state index in [1.165, 1.54) is 11.8 Å². The Balaban J connectivity index is 1.60. The monoisotopic (exact) mass is 467 g/mol. The zero-order chi connectivity index (χ0) is 23.6. The molecule has 0 fully saturated rings. The van der Waals surface area contributed by atoms with Gasteiger partial charge in [-0.25, -0.2) is 0 Å². The van der Waals surface area contributed by atoms with Gasteiger partial charge in [0.1, 0.15) is 17.3 Å². The Kier molecular flexibility index (Phi) is 8.48. The minimum Gasteiger partial charge on any atom is -0.497 e. The fourth-order valence-electron chi connectivity index (χ4n) is 2.92. The Bertz CT molecular complexity index is 1110. The summed E-state index contributed by atoms with van der Waals surface area (Å²) in [4.78, 5) is 24.9. The summed E-state index contributed by atoms with van der Waals surface area (Å²) in [5.41, 5.74) is 1.29. The van der Waals surface area contributed by atoms with Gasteiger partial charge in [-0.05, 0) is 36.4 Å². The lowest BCUT2D eigenvalue weighted by Crippen LogP contribution is -2.18. The Morgan fingerprint density at radius 1 is 1.00 bits per heavy atom. The summed E-state index contributed by atoms with van der Waals surface area (Å²) in [5.74, 6) is 1.55. The minimum absolute atomic E-state index is 0.0312. The van der Waals surface area contributed by atoms with Gasteiger partial charge in [-0.15, -0.1) is 16.8 Å². The smallest absolute Gasteiger partial charge is 0.234 e. The van der Waals surface area contributed by atoms with E-state index in [0.717, 1.165) is 0 Å². The van der Waals surface area contributed by atoms with Crippen LogP contribution >= 0.6 is 11.8 Å². The third-order valence-corrected chi connectivity index (χ3v) is 5.45. The third-order valence-electron chi connectivity index (χ3n) is 4.48. The highest BCUT2D eigenvalue weighted by molar-refractivity contribution is 7.99. The van der Waals surface area contributed by atoms with Gasteiger partial charge in [0, 0.05) is 24.0 Å². The van der Waals surface area contributed by atoms with Crippen LogP contribution in [0.15, 0.2) is 66.3 Å². The number of aromatic nitrogens is 3. The average molecular weight is 468 g/mol. The van der Waals surface area contributed by atoms with Crippen LogP contribution in [-0.2, 0) is 22.6 Å². The lowest BCUT2D eigenvalue weighted by molar-refractivity contribution is -0.116. The molecule has 0 spiro atoms. The number of ether oxygens (including phenoxy) is 2. The van der Waals surface area contributed by atoms with Gasteiger partial charge in [0.25, 0.3) is 0 Å². The Hall–Kier alpha value is -3.79. The van der Waals surface area contributed by atoms with Crippen molar-refractivity contribution in [3.63, 3.8) is 0 Å². The van der Waals surface area contributed by atoms with E-state index in [0.29, 0.717) is 40.4 Å². The van der Waals surface area contributed by atoms with Gasteiger partial charge in [0.2, 0.25) is 11.8 Å². The van der Waals surface area contributed by atoms with Crippen molar-refractivity contribution in [2.75, 3.05) is 30.6 Å². The maximum atomic E-state index is 12.5. The molecule has 3 rings (SSSR count). The molecule has 9 nitrogen and oxygen atoms in total. The number of carbonyl (C=O) groups excluding carboxylic acids is 2. The summed E-state index contributed by atoms with van der Waals surface area (Å²) in [7, 11) is 3.15. The van der Waals surface area contributed by atoms with E-state index in [1.807, 2.05) is 0 Å². The highest BCUT2D eigenvalue weighted by atomic mass is 32.2. The van der Waals surface area contributed by atoms with Gasteiger partial charge in [-0.2, -0.15) is 0 Å². The average Bonchev–Trinajstić information content (AvgIpc) is 3.19. The van der Waals surface area contributed by atoms with Gasteiger partial charge in [0.15, 0.2) is 5.16 Å². The van der Waals surface area contributed by atoms with Crippen LogP contribution in [-0.4, -0.2) is 46.6 Å². The molecule has 0 aliphatic rings. The summed E-state index contributed by atoms with van der Waals surface area (Å²) in [5, 5.41) is 14.5. The lowest BCUT2D eigenvalue weighted by Gasteiger charge is -2.09. The Morgan fingerprint density at radius 3 is 2.42 bits per heavy atom. The highest BCUT2D eigenvalue weighted by Crippen LogP contribution is 2.21. The number of anilines is 2. The molecule has 0 aliphatic carbocycles. The van der Waals surface area contributed by atoms with Gasteiger partial charge >= 0.3 is 0 Å². The summed E-state index contributed by atoms with van der Waals surface area (Å²) in [6, 6.07) is 14.2. The molecule has 0 saturated carbocycles. The van der Waals surface area contributed by atoms with Crippen LogP contribution in [0, 0.1) is 0 Å². The first-order chi connectivity index (χ1) is 16.0. The predicted octanol–water partition coefficient (Wildman–Crippen LogP) is 3.39. The van der Waals surface area contributed by atoms with E-state index in [1.54, 1.807) is 73.4 Å². The summed E-state index contributed by atoms with van der Waals surface area (Å²) in [6.45, 7) is 4.17. The number of allylic oxidation sites excluding steroid dienone is 1. The molecular weight excluding hydrogens is 442 g/mol. The predicted molar refractivity (Wildman–Crippen MR) is 128 cm³/mol. The van der Waals surface area contributed by atoms with Crippen LogP contribution in [0.4, 0.5) is 11.4 Å². The summed E-state index contributed by atoms with van der Waals surface area (Å²) < 4.78 is 12.1. The molecular formula is C23H25N5O4S. The van der Waals surface area contributed by atoms with Gasteiger partial charge in [-0.3, -0.25) is 9.59 Å². The Morgan fingerprint density at radius 2 is 1.73 bits per heavy atom. The van der Waals surface area contributed by atoms with E-state index in [2.05, 4.69) is 27.4 Å². The molecule has 172 valence electrons. The molecule has 0 bridgehead atoms. The van der Waals surface area contributed by atoms with Crippen LogP contribution < -0.4 is 20.1 Å². The largest absolute Gasteiger partial charge is 0.497 e. The Labute approximate surface area is 196 Å². The molecule has 0 radical (unpaired) electrons. The molecule has 3 aromatic rings. The molecule has 10 heteroatoms. The second kappa shape index (κ2) is 11.7. The summed E-state index contributed by atoms with van der Waals surface area (Å²) >= 11 is 1.23. The maximum Gasteiger partial charge on any atom is 0.234 e. The second-order valence-corrected chi connectivity index (χ2v) is 7.76. The van der Waals surface area contributed by atoms with Gasteiger partial charge in [-0.1, -0.05) is 23.9 Å². The van der Waals surface area contributed by atoms with Gasteiger partial charge < -0.3 is 24.7 Å². The van der Waals surface area contributed by atoms with Crippen molar-refractivity contribution in [3.05, 3.63) is 67.0 Å². The molecule has 0 atom stereocenters. The number of nitrogens with zero attached hydrogens (tertiary/aromatic N) is 3. The van der Waals surface area contributed by atoms with Crippen molar-refractivity contribution in [1.82, 2.24) is 14.8 Å². The number of carbonyl (C=O) groups is 2. The lowest BCUT2D eigenvalue weighted by atomic mass is 10.3. The van der Waals surface area contributed by atoms with Crippen LogP contribution in [0.25, 0.3) is 0 Å². The van der Waals surface area contributed by atoms with Crippen LogP contribution in [0.1, 0.15) is 5.82 Å².